The zero-order chi connectivity index (χ0) is 22.9. The summed E-state index contributed by atoms with van der Waals surface area (Å²) in [5.74, 6) is 0. The van der Waals surface area contributed by atoms with Gasteiger partial charge in [-0.25, -0.2) is 0 Å². The predicted octanol–water partition coefficient (Wildman–Crippen LogP) is 5.37. The number of hydrogen-bond donors (Lipinski definition) is 1. The summed E-state index contributed by atoms with van der Waals surface area (Å²) in [7, 11) is 0. The van der Waals surface area contributed by atoms with E-state index in [0.717, 1.165) is 16.4 Å². The SMILES string of the molecule is Cc1c([C@H]2[C@H](c3ccccn3)NC(=S)N2Cc2cccnc2)c(C)n(-c2ccccc2)c1C. The average molecular weight is 454 g/mol. The van der Waals surface area contributed by atoms with Crippen LogP contribution >= 0.6 is 12.2 Å². The van der Waals surface area contributed by atoms with Crippen molar-refractivity contribution in [1.29, 1.82) is 0 Å². The lowest BCUT2D eigenvalue weighted by molar-refractivity contribution is 0.309. The molecular formula is C27H27N5S. The van der Waals surface area contributed by atoms with Gasteiger partial charge in [0, 0.05) is 47.8 Å². The molecule has 0 aliphatic carbocycles. The summed E-state index contributed by atoms with van der Waals surface area (Å²) < 4.78 is 2.35. The summed E-state index contributed by atoms with van der Waals surface area (Å²) in [5.41, 5.74) is 8.33. The average Bonchev–Trinajstić information content (AvgIpc) is 3.27. The molecule has 5 nitrogen and oxygen atoms in total. The molecule has 2 atom stereocenters. The fourth-order valence-electron chi connectivity index (χ4n) is 4.98. The Labute approximate surface area is 200 Å². The van der Waals surface area contributed by atoms with Crippen molar-refractivity contribution < 1.29 is 0 Å². The normalized spacial score (nSPS) is 17.9. The summed E-state index contributed by atoms with van der Waals surface area (Å²) in [5, 5.41) is 4.32. The zero-order valence-electron chi connectivity index (χ0n) is 19.1. The van der Waals surface area contributed by atoms with E-state index in [1.807, 2.05) is 30.6 Å². The lowest BCUT2D eigenvalue weighted by Crippen LogP contribution is -2.29. The lowest BCUT2D eigenvalue weighted by atomic mass is 9.93. The van der Waals surface area contributed by atoms with Crippen molar-refractivity contribution in [3.8, 4) is 5.69 Å². The van der Waals surface area contributed by atoms with Crippen LogP contribution in [0.5, 0.6) is 0 Å². The number of pyridine rings is 2. The first-order valence-corrected chi connectivity index (χ1v) is 11.6. The summed E-state index contributed by atoms with van der Waals surface area (Å²) in [4.78, 5) is 11.3. The Morgan fingerprint density at radius 3 is 2.39 bits per heavy atom. The van der Waals surface area contributed by atoms with Crippen LogP contribution in [-0.2, 0) is 6.54 Å². The predicted molar refractivity (Wildman–Crippen MR) is 135 cm³/mol. The van der Waals surface area contributed by atoms with Crippen LogP contribution in [0.25, 0.3) is 5.69 Å². The topological polar surface area (TPSA) is 46.0 Å². The van der Waals surface area contributed by atoms with E-state index < -0.39 is 0 Å². The fourth-order valence-corrected chi connectivity index (χ4v) is 5.29. The van der Waals surface area contributed by atoms with E-state index in [4.69, 9.17) is 17.2 Å². The molecule has 0 spiro atoms. The Morgan fingerprint density at radius 1 is 0.909 bits per heavy atom. The highest BCUT2D eigenvalue weighted by Crippen LogP contribution is 2.44. The van der Waals surface area contributed by atoms with Crippen molar-refractivity contribution in [2.45, 2.75) is 39.4 Å². The molecule has 1 aliphatic rings. The number of nitrogens with one attached hydrogen (secondary N) is 1. The van der Waals surface area contributed by atoms with Gasteiger partial charge in [-0.15, -0.1) is 0 Å². The first-order chi connectivity index (χ1) is 16.1. The molecule has 4 heterocycles. The Morgan fingerprint density at radius 2 is 1.70 bits per heavy atom. The van der Waals surface area contributed by atoms with E-state index in [-0.39, 0.29) is 12.1 Å². The minimum absolute atomic E-state index is 0.0104. The molecule has 1 fully saturated rings. The van der Waals surface area contributed by atoms with Crippen molar-refractivity contribution in [3.63, 3.8) is 0 Å². The molecule has 166 valence electrons. The number of aromatic nitrogens is 3. The van der Waals surface area contributed by atoms with Gasteiger partial charge in [0.2, 0.25) is 0 Å². The molecule has 5 rings (SSSR count). The van der Waals surface area contributed by atoms with E-state index in [9.17, 15) is 0 Å². The maximum Gasteiger partial charge on any atom is 0.170 e. The zero-order valence-corrected chi connectivity index (χ0v) is 19.9. The Bertz CT molecular complexity index is 1270. The van der Waals surface area contributed by atoms with Gasteiger partial charge >= 0.3 is 0 Å². The molecule has 0 amide bonds. The highest BCUT2D eigenvalue weighted by molar-refractivity contribution is 7.80. The molecule has 0 bridgehead atoms. The molecule has 0 radical (unpaired) electrons. The molecule has 6 heteroatoms. The summed E-state index contributed by atoms with van der Waals surface area (Å²) >= 11 is 5.87. The van der Waals surface area contributed by atoms with Crippen LogP contribution in [0.2, 0.25) is 0 Å². The third-order valence-corrected chi connectivity index (χ3v) is 6.94. The van der Waals surface area contributed by atoms with E-state index in [2.05, 4.69) is 83.0 Å². The Balaban J connectivity index is 1.67. The maximum absolute atomic E-state index is 5.87. The maximum atomic E-state index is 5.87. The van der Waals surface area contributed by atoms with Crippen LogP contribution in [0.15, 0.2) is 79.3 Å². The minimum Gasteiger partial charge on any atom is -0.352 e. The van der Waals surface area contributed by atoms with E-state index in [1.165, 1.54) is 28.2 Å². The van der Waals surface area contributed by atoms with Crippen molar-refractivity contribution in [1.82, 2.24) is 24.8 Å². The van der Waals surface area contributed by atoms with Gasteiger partial charge in [0.05, 0.1) is 17.8 Å². The lowest BCUT2D eigenvalue weighted by Gasteiger charge is -2.29. The summed E-state index contributed by atoms with van der Waals surface area (Å²) in [6.45, 7) is 7.31. The fraction of sp³-hybridized carbons (Fsp3) is 0.222. The second-order valence-electron chi connectivity index (χ2n) is 8.50. The first kappa shape index (κ1) is 21.3. The standard InChI is InChI=1S/C27H27N5S/c1-18-19(2)32(22-11-5-4-6-12-22)20(3)24(18)26-25(23-13-7-8-15-29-23)30-27(33)31(26)17-21-10-9-14-28-16-21/h4-16,25-26H,17H2,1-3H3,(H,30,33)/t25-,26-/m0/s1. The largest absolute Gasteiger partial charge is 0.352 e. The minimum atomic E-state index is -0.0428. The van der Waals surface area contributed by atoms with Crippen LogP contribution < -0.4 is 5.32 Å². The summed E-state index contributed by atoms with van der Waals surface area (Å²) in [6.07, 6.45) is 5.56. The number of para-hydroxylation sites is 1. The molecule has 1 N–H and O–H groups in total. The third kappa shape index (κ3) is 3.80. The van der Waals surface area contributed by atoms with Crippen LogP contribution in [0.1, 0.15) is 45.9 Å². The highest BCUT2D eigenvalue weighted by Gasteiger charge is 2.42. The number of nitrogens with zero attached hydrogens (tertiary/aromatic N) is 4. The van der Waals surface area contributed by atoms with Crippen molar-refractivity contribution in [2.24, 2.45) is 0 Å². The molecular weight excluding hydrogens is 426 g/mol. The van der Waals surface area contributed by atoms with Crippen LogP contribution in [0, 0.1) is 20.8 Å². The Kier molecular flexibility index (Phi) is 5.68. The smallest absolute Gasteiger partial charge is 0.170 e. The molecule has 1 aliphatic heterocycles. The second-order valence-corrected chi connectivity index (χ2v) is 8.88. The third-order valence-electron chi connectivity index (χ3n) is 6.59. The van der Waals surface area contributed by atoms with Gasteiger partial charge in [0.25, 0.3) is 0 Å². The van der Waals surface area contributed by atoms with Crippen LogP contribution in [0.3, 0.4) is 0 Å². The molecule has 0 saturated carbocycles. The Hall–Kier alpha value is -3.51. The number of benzene rings is 1. The van der Waals surface area contributed by atoms with Gasteiger partial charge in [-0.1, -0.05) is 30.3 Å². The highest BCUT2D eigenvalue weighted by atomic mass is 32.1. The van der Waals surface area contributed by atoms with Gasteiger partial charge in [-0.05, 0) is 74.4 Å². The van der Waals surface area contributed by atoms with Gasteiger partial charge in [0.15, 0.2) is 5.11 Å². The van der Waals surface area contributed by atoms with E-state index in [0.29, 0.717) is 6.54 Å². The van der Waals surface area contributed by atoms with Crippen molar-refractivity contribution >= 4 is 17.3 Å². The van der Waals surface area contributed by atoms with E-state index >= 15 is 0 Å². The van der Waals surface area contributed by atoms with Gasteiger partial charge in [-0.2, -0.15) is 0 Å². The number of thiocarbonyl (C=S) groups is 1. The quantitative estimate of drug-likeness (QED) is 0.412. The molecule has 3 aromatic heterocycles. The van der Waals surface area contributed by atoms with Crippen molar-refractivity contribution in [3.05, 3.63) is 113 Å². The monoisotopic (exact) mass is 453 g/mol. The summed E-state index contributed by atoms with van der Waals surface area (Å²) in [6, 6.07) is 20.6. The molecule has 0 unspecified atom stereocenters. The first-order valence-electron chi connectivity index (χ1n) is 11.2. The van der Waals surface area contributed by atoms with Gasteiger partial charge < -0.3 is 14.8 Å². The van der Waals surface area contributed by atoms with Gasteiger partial charge in [0.1, 0.15) is 0 Å². The van der Waals surface area contributed by atoms with Crippen LogP contribution in [0.4, 0.5) is 0 Å². The van der Waals surface area contributed by atoms with Crippen LogP contribution in [-0.4, -0.2) is 24.5 Å². The molecule has 33 heavy (non-hydrogen) atoms. The number of hydrogen-bond acceptors (Lipinski definition) is 3. The van der Waals surface area contributed by atoms with E-state index in [1.54, 1.807) is 6.20 Å². The molecule has 1 saturated heterocycles. The number of rotatable bonds is 5. The molecule has 1 aromatic carbocycles. The van der Waals surface area contributed by atoms with Gasteiger partial charge in [-0.3, -0.25) is 9.97 Å². The second kappa shape index (κ2) is 8.79. The molecule has 4 aromatic rings. The van der Waals surface area contributed by atoms with Crippen molar-refractivity contribution in [2.75, 3.05) is 0 Å².